The number of ether oxygens (including phenoxy) is 2. The van der Waals surface area contributed by atoms with Crippen LogP contribution in [0, 0.1) is 13.8 Å². The predicted molar refractivity (Wildman–Crippen MR) is 124 cm³/mol. The Morgan fingerprint density at radius 3 is 2.42 bits per heavy atom. The first-order valence-corrected chi connectivity index (χ1v) is 10.8. The van der Waals surface area contributed by atoms with Gasteiger partial charge in [-0.2, -0.15) is 5.10 Å². The third kappa shape index (κ3) is 4.45. The number of ketones is 1. The molecule has 2 heterocycles. The van der Waals surface area contributed by atoms with Crippen molar-refractivity contribution in [2.75, 3.05) is 41.4 Å². The number of amides is 1. The van der Waals surface area contributed by atoms with E-state index < -0.39 is 17.7 Å². The molecule has 1 saturated heterocycles. The lowest BCUT2D eigenvalue weighted by Gasteiger charge is -2.27. The molecule has 9 nitrogen and oxygen atoms in total. The van der Waals surface area contributed by atoms with Crippen LogP contribution < -0.4 is 9.47 Å². The first-order valence-electron chi connectivity index (χ1n) is 10.8. The zero-order chi connectivity index (χ0) is 24.4. The summed E-state index contributed by atoms with van der Waals surface area (Å²) in [6.45, 7) is 4.65. The second-order valence-corrected chi connectivity index (χ2v) is 8.43. The van der Waals surface area contributed by atoms with E-state index >= 15 is 0 Å². The van der Waals surface area contributed by atoms with Crippen molar-refractivity contribution >= 4 is 17.4 Å². The van der Waals surface area contributed by atoms with Gasteiger partial charge in [-0.3, -0.25) is 14.3 Å². The largest absolute Gasteiger partial charge is 0.507 e. The number of hydrogen-bond acceptors (Lipinski definition) is 7. The van der Waals surface area contributed by atoms with Crippen LogP contribution in [-0.2, 0) is 16.6 Å². The Morgan fingerprint density at radius 2 is 1.88 bits per heavy atom. The average Bonchev–Trinajstić information content (AvgIpc) is 3.18. The molecule has 0 bridgehead atoms. The van der Waals surface area contributed by atoms with E-state index in [-0.39, 0.29) is 11.3 Å². The maximum absolute atomic E-state index is 13.3. The second kappa shape index (κ2) is 9.66. The first-order chi connectivity index (χ1) is 15.6. The number of Topliss-reactive ketones (excluding diaryl/α,β-unsaturated/α-hetero) is 1. The molecule has 1 aromatic carbocycles. The summed E-state index contributed by atoms with van der Waals surface area (Å²) in [5.74, 6) is -0.565. The number of aromatic nitrogens is 2. The van der Waals surface area contributed by atoms with Gasteiger partial charge in [-0.15, -0.1) is 0 Å². The van der Waals surface area contributed by atoms with Gasteiger partial charge >= 0.3 is 0 Å². The Kier molecular flexibility index (Phi) is 7.12. The summed E-state index contributed by atoms with van der Waals surface area (Å²) in [7, 11) is 8.73. The van der Waals surface area contributed by atoms with Crippen LogP contribution in [0.25, 0.3) is 5.76 Å². The van der Waals surface area contributed by atoms with E-state index in [9.17, 15) is 14.7 Å². The fourth-order valence-electron chi connectivity index (χ4n) is 4.30. The molecule has 2 aromatic rings. The monoisotopic (exact) mass is 456 g/mol. The van der Waals surface area contributed by atoms with E-state index in [0.717, 1.165) is 6.54 Å². The fourth-order valence-corrected chi connectivity index (χ4v) is 4.30. The molecule has 1 aliphatic rings. The fraction of sp³-hybridized carbons (Fsp3) is 0.458. The maximum atomic E-state index is 13.3. The molecule has 0 unspecified atom stereocenters. The first kappa shape index (κ1) is 24.3. The van der Waals surface area contributed by atoms with Gasteiger partial charge in [0.1, 0.15) is 17.3 Å². The van der Waals surface area contributed by atoms with Crippen molar-refractivity contribution in [3.63, 3.8) is 0 Å². The van der Waals surface area contributed by atoms with Crippen LogP contribution in [0.3, 0.4) is 0 Å². The summed E-state index contributed by atoms with van der Waals surface area (Å²) in [5, 5.41) is 15.7. The van der Waals surface area contributed by atoms with E-state index in [1.54, 1.807) is 44.0 Å². The Labute approximate surface area is 194 Å². The van der Waals surface area contributed by atoms with Gasteiger partial charge < -0.3 is 24.4 Å². The van der Waals surface area contributed by atoms with Crippen LogP contribution >= 0.6 is 0 Å². The van der Waals surface area contributed by atoms with Crippen molar-refractivity contribution in [3.05, 3.63) is 46.3 Å². The molecule has 0 spiro atoms. The Bertz CT molecular complexity index is 1100. The van der Waals surface area contributed by atoms with E-state index in [0.29, 0.717) is 47.0 Å². The third-order valence-corrected chi connectivity index (χ3v) is 6.02. The SMILES string of the molecule is COc1ccc(OC)c([C@H]2C(=C(O)c3c(C)nn(C)c3C)C(=O)C(=O)N2CCCN(C)C)c1. The van der Waals surface area contributed by atoms with Crippen LogP contribution in [0.2, 0.25) is 0 Å². The highest BCUT2D eigenvalue weighted by Gasteiger charge is 2.47. The van der Waals surface area contributed by atoms with Crippen molar-refractivity contribution in [1.82, 2.24) is 19.6 Å². The molecule has 1 amide bonds. The molecule has 1 aromatic heterocycles. The minimum absolute atomic E-state index is 0.0237. The standard InChI is InChI=1S/C24H32N4O5/c1-14-19(15(2)27(5)25-14)22(29)20-21(17-13-16(32-6)9-10-18(17)33-7)28(24(31)23(20)30)12-8-11-26(3)4/h9-10,13,21,29H,8,11-12H2,1-7H3/t21-/m0/s1. The van der Waals surface area contributed by atoms with Crippen molar-refractivity contribution in [3.8, 4) is 11.5 Å². The van der Waals surface area contributed by atoms with Crippen LogP contribution in [0.4, 0.5) is 0 Å². The molecule has 178 valence electrons. The number of hydrogen-bond donors (Lipinski definition) is 1. The van der Waals surface area contributed by atoms with Gasteiger partial charge in [-0.1, -0.05) is 0 Å². The van der Waals surface area contributed by atoms with Gasteiger partial charge in [-0.25, -0.2) is 0 Å². The number of rotatable bonds is 8. The van der Waals surface area contributed by atoms with E-state index in [1.165, 1.54) is 12.0 Å². The van der Waals surface area contributed by atoms with Crippen LogP contribution in [0.1, 0.15) is 35.0 Å². The number of carbonyl (C=O) groups is 2. The number of aliphatic hydroxyl groups is 1. The molecule has 1 atom stereocenters. The number of carbonyl (C=O) groups excluding carboxylic acids is 2. The zero-order valence-corrected chi connectivity index (χ0v) is 20.3. The molecule has 9 heteroatoms. The molecule has 0 radical (unpaired) electrons. The third-order valence-electron chi connectivity index (χ3n) is 6.02. The highest BCUT2D eigenvalue weighted by atomic mass is 16.5. The summed E-state index contributed by atoms with van der Waals surface area (Å²) in [5.41, 5.74) is 2.32. The molecular formula is C24H32N4O5. The zero-order valence-electron chi connectivity index (χ0n) is 20.3. The Hall–Kier alpha value is -3.33. The van der Waals surface area contributed by atoms with Crippen molar-refractivity contribution in [2.45, 2.75) is 26.3 Å². The van der Waals surface area contributed by atoms with Crippen molar-refractivity contribution in [1.29, 1.82) is 0 Å². The van der Waals surface area contributed by atoms with Gasteiger partial charge in [0, 0.05) is 24.8 Å². The molecule has 1 fully saturated rings. The number of methoxy groups -OCH3 is 2. The number of aryl methyl sites for hydroxylation is 2. The molecule has 0 saturated carbocycles. The average molecular weight is 457 g/mol. The van der Waals surface area contributed by atoms with Gasteiger partial charge in [0.2, 0.25) is 0 Å². The lowest BCUT2D eigenvalue weighted by atomic mass is 9.93. The second-order valence-electron chi connectivity index (χ2n) is 8.43. The van der Waals surface area contributed by atoms with Crippen LogP contribution in [-0.4, -0.2) is 77.8 Å². The highest BCUT2D eigenvalue weighted by molar-refractivity contribution is 6.46. The molecule has 0 aliphatic carbocycles. The van der Waals surface area contributed by atoms with Crippen LogP contribution in [0.15, 0.2) is 23.8 Å². The molecule has 3 rings (SSSR count). The van der Waals surface area contributed by atoms with Crippen molar-refractivity contribution in [2.24, 2.45) is 7.05 Å². The number of nitrogens with zero attached hydrogens (tertiary/aromatic N) is 4. The van der Waals surface area contributed by atoms with Crippen molar-refractivity contribution < 1.29 is 24.2 Å². The summed E-state index contributed by atoms with van der Waals surface area (Å²) in [6.07, 6.45) is 0.661. The lowest BCUT2D eigenvalue weighted by molar-refractivity contribution is -0.140. The van der Waals surface area contributed by atoms with Crippen LogP contribution in [0.5, 0.6) is 11.5 Å². The van der Waals surface area contributed by atoms with Gasteiger partial charge in [0.25, 0.3) is 11.7 Å². The number of aliphatic hydroxyl groups excluding tert-OH is 1. The topological polar surface area (TPSA) is 97.1 Å². The molecule has 1 aliphatic heterocycles. The number of likely N-dealkylation sites (tertiary alicyclic amines) is 1. The number of benzene rings is 1. The smallest absolute Gasteiger partial charge is 0.295 e. The summed E-state index contributed by atoms with van der Waals surface area (Å²) in [4.78, 5) is 30.0. The lowest BCUT2D eigenvalue weighted by Crippen LogP contribution is -2.32. The molecular weight excluding hydrogens is 424 g/mol. The summed E-state index contributed by atoms with van der Waals surface area (Å²) < 4.78 is 12.6. The minimum atomic E-state index is -0.823. The van der Waals surface area contributed by atoms with Gasteiger partial charge in [0.05, 0.1) is 37.1 Å². The highest BCUT2D eigenvalue weighted by Crippen LogP contribution is 2.44. The molecule has 1 N–H and O–H groups in total. The van der Waals surface area contributed by atoms with E-state index in [4.69, 9.17) is 9.47 Å². The predicted octanol–water partition coefficient (Wildman–Crippen LogP) is 2.43. The summed E-state index contributed by atoms with van der Waals surface area (Å²) in [6, 6.07) is 4.39. The maximum Gasteiger partial charge on any atom is 0.295 e. The van der Waals surface area contributed by atoms with E-state index in [1.807, 2.05) is 25.9 Å². The Balaban J connectivity index is 2.25. The van der Waals surface area contributed by atoms with E-state index in [2.05, 4.69) is 5.10 Å². The molecule has 33 heavy (non-hydrogen) atoms. The summed E-state index contributed by atoms with van der Waals surface area (Å²) >= 11 is 0. The van der Waals surface area contributed by atoms with Gasteiger partial charge in [-0.05, 0) is 59.1 Å². The Morgan fingerprint density at radius 1 is 1.18 bits per heavy atom. The normalized spacial score (nSPS) is 17.8. The minimum Gasteiger partial charge on any atom is -0.507 e. The quantitative estimate of drug-likeness (QED) is 0.370. The van der Waals surface area contributed by atoms with Gasteiger partial charge in [0.15, 0.2) is 0 Å².